The van der Waals surface area contributed by atoms with Gasteiger partial charge in [-0.15, -0.1) is 6.58 Å². The van der Waals surface area contributed by atoms with E-state index in [9.17, 15) is 10.1 Å². The Kier molecular flexibility index (Phi) is 4.88. The Bertz CT molecular complexity index is 491. The lowest BCUT2D eigenvalue weighted by molar-refractivity contribution is -0.385. The number of benzene rings is 1. The highest BCUT2D eigenvalue weighted by Gasteiger charge is 2.14. The lowest BCUT2D eigenvalue weighted by atomic mass is 10.1. The molecular weight excluding hydrogens is 230 g/mol. The summed E-state index contributed by atoms with van der Waals surface area (Å²) in [5.74, 6) is 0. The number of nitrogens with zero attached hydrogens (tertiary/aromatic N) is 3. The number of allylic oxidation sites excluding steroid dienone is 1. The van der Waals surface area contributed by atoms with Crippen molar-refractivity contribution in [3.8, 4) is 6.07 Å². The van der Waals surface area contributed by atoms with Crippen molar-refractivity contribution in [2.75, 3.05) is 18.5 Å². The maximum atomic E-state index is 10.7. The van der Waals surface area contributed by atoms with Crippen molar-refractivity contribution >= 4 is 11.4 Å². The van der Waals surface area contributed by atoms with E-state index in [1.807, 2.05) is 24.1 Å². The third-order valence-electron chi connectivity index (χ3n) is 2.64. The van der Waals surface area contributed by atoms with Crippen LogP contribution in [0.1, 0.15) is 18.4 Å². The molecule has 0 fully saturated rings. The quantitative estimate of drug-likeness (QED) is 0.334. The largest absolute Gasteiger partial charge is 0.375 e. The van der Waals surface area contributed by atoms with Crippen molar-refractivity contribution in [1.82, 2.24) is 0 Å². The van der Waals surface area contributed by atoms with Gasteiger partial charge in [0.15, 0.2) is 0 Å². The first-order valence-electron chi connectivity index (χ1n) is 5.60. The van der Waals surface area contributed by atoms with Gasteiger partial charge in [-0.3, -0.25) is 10.1 Å². The smallest absolute Gasteiger partial charge is 0.287 e. The lowest BCUT2D eigenvalue weighted by Crippen LogP contribution is -2.18. The Morgan fingerprint density at radius 3 is 2.89 bits per heavy atom. The highest BCUT2D eigenvalue weighted by molar-refractivity contribution is 5.59. The molecule has 1 aromatic rings. The monoisotopic (exact) mass is 245 g/mol. The molecule has 0 unspecified atom stereocenters. The van der Waals surface area contributed by atoms with Crippen LogP contribution < -0.4 is 4.90 Å². The maximum absolute atomic E-state index is 10.7. The summed E-state index contributed by atoms with van der Waals surface area (Å²) in [6, 6.07) is 6.44. The molecule has 0 aliphatic rings. The molecular formula is C13H15N3O2. The molecule has 0 aliphatic carbocycles. The van der Waals surface area contributed by atoms with Gasteiger partial charge in [-0.25, -0.2) is 0 Å². The van der Waals surface area contributed by atoms with Crippen LogP contribution in [0, 0.1) is 21.4 Å². The minimum atomic E-state index is -0.542. The summed E-state index contributed by atoms with van der Waals surface area (Å²) >= 11 is 0. The fourth-order valence-electron chi connectivity index (χ4n) is 1.61. The topological polar surface area (TPSA) is 70.2 Å². The van der Waals surface area contributed by atoms with Crippen molar-refractivity contribution < 1.29 is 4.92 Å². The molecule has 0 radical (unpaired) electrons. The van der Waals surface area contributed by atoms with Crippen LogP contribution in [0.25, 0.3) is 0 Å². The van der Waals surface area contributed by atoms with Crippen LogP contribution in [-0.4, -0.2) is 18.5 Å². The van der Waals surface area contributed by atoms with Gasteiger partial charge in [0.25, 0.3) is 5.69 Å². The van der Waals surface area contributed by atoms with Crippen LogP contribution in [0.5, 0.6) is 0 Å². The van der Waals surface area contributed by atoms with Gasteiger partial charge in [0.2, 0.25) is 0 Å². The van der Waals surface area contributed by atoms with Crippen LogP contribution in [0.3, 0.4) is 0 Å². The Labute approximate surface area is 106 Å². The van der Waals surface area contributed by atoms with Gasteiger partial charge in [0.05, 0.1) is 4.92 Å². The van der Waals surface area contributed by atoms with E-state index < -0.39 is 4.92 Å². The SMILES string of the molecule is C=CCCCN(C)c1ccc([N+](=O)[O-])c(C#N)c1. The first-order valence-corrected chi connectivity index (χ1v) is 5.60. The van der Waals surface area contributed by atoms with E-state index in [0.717, 1.165) is 25.1 Å². The van der Waals surface area contributed by atoms with Crippen molar-refractivity contribution in [3.05, 3.63) is 46.5 Å². The Morgan fingerprint density at radius 1 is 1.61 bits per heavy atom. The van der Waals surface area contributed by atoms with E-state index in [-0.39, 0.29) is 11.3 Å². The van der Waals surface area contributed by atoms with E-state index in [1.165, 1.54) is 6.07 Å². The number of nitro groups is 1. The Morgan fingerprint density at radius 2 is 2.33 bits per heavy atom. The summed E-state index contributed by atoms with van der Waals surface area (Å²) in [5.41, 5.74) is 0.745. The summed E-state index contributed by atoms with van der Waals surface area (Å²) < 4.78 is 0. The first kappa shape index (κ1) is 13.7. The van der Waals surface area contributed by atoms with Crippen LogP contribution in [0.4, 0.5) is 11.4 Å². The predicted molar refractivity (Wildman–Crippen MR) is 70.5 cm³/mol. The molecule has 0 aromatic heterocycles. The lowest BCUT2D eigenvalue weighted by Gasteiger charge is -2.18. The zero-order valence-corrected chi connectivity index (χ0v) is 10.3. The number of nitriles is 1. The Balaban J connectivity index is 2.88. The third kappa shape index (κ3) is 3.32. The normalized spacial score (nSPS) is 9.56. The maximum Gasteiger partial charge on any atom is 0.287 e. The van der Waals surface area contributed by atoms with Crippen molar-refractivity contribution in [2.45, 2.75) is 12.8 Å². The van der Waals surface area contributed by atoms with Gasteiger partial charge in [0.1, 0.15) is 11.6 Å². The molecule has 0 bridgehead atoms. The Hall–Kier alpha value is -2.35. The number of nitro benzene ring substituents is 1. The van der Waals surface area contributed by atoms with Crippen LogP contribution in [0.2, 0.25) is 0 Å². The van der Waals surface area contributed by atoms with Crippen LogP contribution in [0.15, 0.2) is 30.9 Å². The number of hydrogen-bond donors (Lipinski definition) is 0. The molecule has 1 rings (SSSR count). The second-order valence-corrected chi connectivity index (χ2v) is 3.92. The van der Waals surface area contributed by atoms with E-state index in [0.29, 0.717) is 0 Å². The minimum Gasteiger partial charge on any atom is -0.375 e. The van der Waals surface area contributed by atoms with E-state index >= 15 is 0 Å². The highest BCUT2D eigenvalue weighted by Crippen LogP contribution is 2.23. The molecule has 0 heterocycles. The van der Waals surface area contributed by atoms with Gasteiger partial charge in [-0.2, -0.15) is 5.26 Å². The summed E-state index contributed by atoms with van der Waals surface area (Å²) in [6.45, 7) is 4.47. The van der Waals surface area contributed by atoms with Gasteiger partial charge >= 0.3 is 0 Å². The number of unbranched alkanes of at least 4 members (excludes halogenated alkanes) is 1. The molecule has 0 saturated heterocycles. The zero-order chi connectivity index (χ0) is 13.5. The molecule has 94 valence electrons. The van der Waals surface area contributed by atoms with E-state index in [2.05, 4.69) is 6.58 Å². The highest BCUT2D eigenvalue weighted by atomic mass is 16.6. The summed E-state index contributed by atoms with van der Waals surface area (Å²) in [4.78, 5) is 12.1. The number of hydrogen-bond acceptors (Lipinski definition) is 4. The molecule has 1 aromatic carbocycles. The predicted octanol–water partition coefficient (Wildman–Crippen LogP) is 2.87. The molecule has 0 aliphatic heterocycles. The number of anilines is 1. The third-order valence-corrected chi connectivity index (χ3v) is 2.64. The zero-order valence-electron chi connectivity index (χ0n) is 10.3. The van der Waals surface area contributed by atoms with Gasteiger partial charge in [-0.05, 0) is 25.0 Å². The van der Waals surface area contributed by atoms with Gasteiger partial charge < -0.3 is 4.90 Å². The molecule has 5 heteroatoms. The van der Waals surface area contributed by atoms with E-state index in [4.69, 9.17) is 5.26 Å². The molecule has 0 atom stereocenters. The fraction of sp³-hybridized carbons (Fsp3) is 0.308. The van der Waals surface area contributed by atoms with Gasteiger partial charge in [0, 0.05) is 25.3 Å². The molecule has 0 amide bonds. The molecule has 18 heavy (non-hydrogen) atoms. The number of rotatable bonds is 6. The summed E-state index contributed by atoms with van der Waals surface area (Å²) in [7, 11) is 1.89. The second-order valence-electron chi connectivity index (χ2n) is 3.92. The van der Waals surface area contributed by atoms with Crippen molar-refractivity contribution in [1.29, 1.82) is 5.26 Å². The van der Waals surface area contributed by atoms with Crippen molar-refractivity contribution in [3.63, 3.8) is 0 Å². The summed E-state index contributed by atoms with van der Waals surface area (Å²) in [5, 5.41) is 19.6. The molecule has 0 spiro atoms. The van der Waals surface area contributed by atoms with Crippen molar-refractivity contribution in [2.24, 2.45) is 0 Å². The molecule has 0 N–H and O–H groups in total. The van der Waals surface area contributed by atoms with E-state index in [1.54, 1.807) is 12.1 Å². The molecule has 5 nitrogen and oxygen atoms in total. The fourth-order valence-corrected chi connectivity index (χ4v) is 1.61. The average molecular weight is 245 g/mol. The summed E-state index contributed by atoms with van der Waals surface area (Å²) in [6.07, 6.45) is 3.73. The average Bonchev–Trinajstić information content (AvgIpc) is 2.37. The van der Waals surface area contributed by atoms with Crippen LogP contribution in [-0.2, 0) is 0 Å². The van der Waals surface area contributed by atoms with Gasteiger partial charge in [-0.1, -0.05) is 6.08 Å². The molecule has 0 saturated carbocycles. The van der Waals surface area contributed by atoms with Crippen LogP contribution >= 0.6 is 0 Å². The minimum absolute atomic E-state index is 0.0908. The second kappa shape index (κ2) is 6.40. The standard InChI is InChI=1S/C13H15N3O2/c1-3-4-5-8-15(2)12-6-7-13(16(17)18)11(9-12)10-14/h3,6-7,9H,1,4-5,8H2,2H3. The first-order chi connectivity index (χ1) is 8.60.